The molecule has 11 heteroatoms. The zero-order chi connectivity index (χ0) is 28.1. The van der Waals surface area contributed by atoms with Crippen molar-refractivity contribution < 1.29 is 9.32 Å². The molecule has 10 nitrogen and oxygen atoms in total. The fraction of sp³-hybridized carbons (Fsp3) is 0.333. The standard InChI is InChI=1S/C30H32N8O2S/c1-18-26(19(2)40-35-18)29(39)38-10-8-24-20(17-38)15-25(41-24)27-23-7-9-31-28(23)34-30(33-27)32-21-5-4-6-22(16-21)37-13-11-36(3)12-14-37/h4-7,9,15-16H,8,10-14,17H2,1-3H3,(H2,31,32,33,34). The Morgan fingerprint density at radius 2 is 1.93 bits per heavy atom. The Bertz CT molecular complexity index is 1730. The molecule has 0 saturated carbocycles. The second-order valence-electron chi connectivity index (χ2n) is 10.8. The third-order valence-electron chi connectivity index (χ3n) is 8.02. The molecule has 2 aliphatic heterocycles. The molecule has 1 saturated heterocycles. The molecule has 210 valence electrons. The second kappa shape index (κ2) is 10.3. The van der Waals surface area contributed by atoms with E-state index in [0.29, 0.717) is 36.1 Å². The number of aromatic nitrogens is 4. The number of aryl methyl sites for hydroxylation is 2. The molecule has 4 aromatic heterocycles. The van der Waals surface area contributed by atoms with Gasteiger partial charge in [0.25, 0.3) is 5.91 Å². The lowest BCUT2D eigenvalue weighted by molar-refractivity contribution is 0.0733. The van der Waals surface area contributed by atoms with Crippen molar-refractivity contribution in [1.29, 1.82) is 0 Å². The summed E-state index contributed by atoms with van der Waals surface area (Å²) in [5.41, 5.74) is 6.19. The molecule has 0 unspecified atom stereocenters. The Morgan fingerprint density at radius 1 is 1.07 bits per heavy atom. The predicted octanol–water partition coefficient (Wildman–Crippen LogP) is 4.99. The Morgan fingerprint density at radius 3 is 2.73 bits per heavy atom. The van der Waals surface area contributed by atoms with Gasteiger partial charge in [-0.1, -0.05) is 11.2 Å². The summed E-state index contributed by atoms with van der Waals surface area (Å²) in [6, 6.07) is 12.7. The minimum absolute atomic E-state index is 0.0278. The fourth-order valence-corrected chi connectivity index (χ4v) is 6.90. The Balaban J connectivity index is 1.16. The number of rotatable bonds is 5. The van der Waals surface area contributed by atoms with Crippen molar-refractivity contribution in [3.05, 3.63) is 70.1 Å². The first-order valence-corrected chi connectivity index (χ1v) is 14.7. The molecule has 2 aliphatic rings. The number of nitrogens with zero attached hydrogens (tertiary/aromatic N) is 6. The van der Waals surface area contributed by atoms with Gasteiger partial charge in [-0.2, -0.15) is 4.98 Å². The largest absolute Gasteiger partial charge is 0.369 e. The summed E-state index contributed by atoms with van der Waals surface area (Å²) in [5, 5.41) is 8.39. The maximum Gasteiger partial charge on any atom is 0.259 e. The normalized spacial score (nSPS) is 15.9. The first-order chi connectivity index (χ1) is 19.9. The zero-order valence-electron chi connectivity index (χ0n) is 23.4. The average molecular weight is 569 g/mol. The topological polar surface area (TPSA) is 106 Å². The molecule has 7 rings (SSSR count). The first-order valence-electron chi connectivity index (χ1n) is 13.9. The van der Waals surface area contributed by atoms with Gasteiger partial charge in [-0.05, 0) is 63.2 Å². The molecule has 1 amide bonds. The van der Waals surface area contributed by atoms with E-state index in [1.54, 1.807) is 18.3 Å². The van der Waals surface area contributed by atoms with Gasteiger partial charge in [-0.15, -0.1) is 11.3 Å². The zero-order valence-corrected chi connectivity index (χ0v) is 24.2. The number of likely N-dealkylation sites (N-methyl/N-ethyl adjacent to an activating group) is 1. The summed E-state index contributed by atoms with van der Waals surface area (Å²) in [4.78, 5) is 35.3. The van der Waals surface area contributed by atoms with Gasteiger partial charge in [0.2, 0.25) is 5.95 Å². The van der Waals surface area contributed by atoms with Crippen LogP contribution >= 0.6 is 11.3 Å². The van der Waals surface area contributed by atoms with Crippen LogP contribution in [0.15, 0.2) is 47.1 Å². The van der Waals surface area contributed by atoms with Crippen LogP contribution < -0.4 is 10.2 Å². The summed E-state index contributed by atoms with van der Waals surface area (Å²) in [7, 11) is 2.17. The minimum Gasteiger partial charge on any atom is -0.369 e. The molecule has 1 aromatic carbocycles. The SMILES string of the molecule is Cc1noc(C)c1C(=O)N1CCc2sc(-c3nc(Nc4cccc(N5CCN(C)CC5)c4)nc4[nH]ccc34)cc2C1. The number of carbonyl (C=O) groups is 1. The fourth-order valence-electron chi connectivity index (χ4n) is 5.73. The number of piperazine rings is 1. The van der Waals surface area contributed by atoms with E-state index in [1.165, 1.54) is 10.6 Å². The second-order valence-corrected chi connectivity index (χ2v) is 12.0. The van der Waals surface area contributed by atoms with E-state index >= 15 is 0 Å². The summed E-state index contributed by atoms with van der Waals surface area (Å²) in [5.74, 6) is 1.08. The van der Waals surface area contributed by atoms with Gasteiger partial charge in [-0.25, -0.2) is 4.98 Å². The van der Waals surface area contributed by atoms with Crippen molar-refractivity contribution in [2.45, 2.75) is 26.8 Å². The molecule has 0 atom stereocenters. The highest BCUT2D eigenvalue weighted by atomic mass is 32.1. The smallest absolute Gasteiger partial charge is 0.259 e. The van der Waals surface area contributed by atoms with Gasteiger partial charge in [-0.3, -0.25) is 4.79 Å². The van der Waals surface area contributed by atoms with Gasteiger partial charge in [0, 0.05) is 67.1 Å². The van der Waals surface area contributed by atoms with Crippen molar-refractivity contribution in [3.63, 3.8) is 0 Å². The minimum atomic E-state index is -0.0278. The van der Waals surface area contributed by atoms with Crippen LogP contribution in [-0.2, 0) is 13.0 Å². The van der Waals surface area contributed by atoms with Crippen molar-refractivity contribution >= 4 is 45.6 Å². The monoisotopic (exact) mass is 568 g/mol. The maximum absolute atomic E-state index is 13.3. The number of thiophene rings is 1. The Kier molecular flexibility index (Phi) is 6.47. The molecule has 5 aromatic rings. The number of carbonyl (C=O) groups excluding carboxylic acids is 1. The molecule has 1 fully saturated rings. The van der Waals surface area contributed by atoms with E-state index < -0.39 is 0 Å². The van der Waals surface area contributed by atoms with E-state index in [2.05, 4.69) is 62.6 Å². The highest BCUT2D eigenvalue weighted by molar-refractivity contribution is 7.15. The van der Waals surface area contributed by atoms with Crippen LogP contribution in [0.2, 0.25) is 0 Å². The molecule has 0 aliphatic carbocycles. The van der Waals surface area contributed by atoms with Crippen molar-refractivity contribution in [2.75, 3.05) is 50.0 Å². The first kappa shape index (κ1) is 25.7. The summed E-state index contributed by atoms with van der Waals surface area (Å²) in [6.45, 7) is 8.97. The Labute approximate surface area is 242 Å². The van der Waals surface area contributed by atoms with E-state index in [-0.39, 0.29) is 5.91 Å². The van der Waals surface area contributed by atoms with Crippen LogP contribution in [0.25, 0.3) is 21.6 Å². The number of H-pyrrole nitrogens is 1. The molecule has 6 heterocycles. The highest BCUT2D eigenvalue weighted by Crippen LogP contribution is 2.38. The number of aromatic amines is 1. The van der Waals surface area contributed by atoms with Crippen molar-refractivity contribution in [2.24, 2.45) is 0 Å². The van der Waals surface area contributed by atoms with Crippen LogP contribution in [-0.4, -0.2) is 75.6 Å². The van der Waals surface area contributed by atoms with Crippen LogP contribution in [0.5, 0.6) is 0 Å². The number of nitrogens with one attached hydrogen (secondary N) is 2. The molecule has 0 radical (unpaired) electrons. The van der Waals surface area contributed by atoms with E-state index in [9.17, 15) is 4.79 Å². The van der Waals surface area contributed by atoms with E-state index in [1.807, 2.05) is 24.1 Å². The van der Waals surface area contributed by atoms with Crippen LogP contribution in [0, 0.1) is 13.8 Å². The van der Waals surface area contributed by atoms with Crippen LogP contribution in [0.3, 0.4) is 0 Å². The van der Waals surface area contributed by atoms with Crippen LogP contribution in [0.4, 0.5) is 17.3 Å². The third-order valence-corrected chi connectivity index (χ3v) is 9.26. The van der Waals surface area contributed by atoms with Gasteiger partial charge >= 0.3 is 0 Å². The third kappa shape index (κ3) is 4.85. The molecular formula is C30H32N8O2S. The summed E-state index contributed by atoms with van der Waals surface area (Å²) < 4.78 is 5.24. The molecule has 0 bridgehead atoms. The lowest BCUT2D eigenvalue weighted by Crippen LogP contribution is -2.44. The predicted molar refractivity (Wildman–Crippen MR) is 161 cm³/mol. The summed E-state index contributed by atoms with van der Waals surface area (Å²) in [6.07, 6.45) is 2.71. The van der Waals surface area contributed by atoms with E-state index in [4.69, 9.17) is 14.5 Å². The van der Waals surface area contributed by atoms with Gasteiger partial charge in [0.1, 0.15) is 17.0 Å². The molecule has 0 spiro atoms. The average Bonchev–Trinajstić information content (AvgIpc) is 3.70. The van der Waals surface area contributed by atoms with Gasteiger partial charge < -0.3 is 29.5 Å². The number of fused-ring (bicyclic) bond motifs is 2. The summed E-state index contributed by atoms with van der Waals surface area (Å²) >= 11 is 1.75. The van der Waals surface area contributed by atoms with Gasteiger partial charge in [0.05, 0.1) is 16.3 Å². The number of amides is 1. The van der Waals surface area contributed by atoms with Gasteiger partial charge in [0.15, 0.2) is 0 Å². The quantitative estimate of drug-likeness (QED) is 0.306. The van der Waals surface area contributed by atoms with E-state index in [0.717, 1.165) is 65.5 Å². The number of anilines is 3. The lowest BCUT2D eigenvalue weighted by atomic mass is 10.1. The number of hydrogen-bond donors (Lipinski definition) is 2. The van der Waals surface area contributed by atoms with Crippen LogP contribution in [0.1, 0.15) is 32.3 Å². The Hall–Kier alpha value is -4.22. The molecule has 41 heavy (non-hydrogen) atoms. The lowest BCUT2D eigenvalue weighted by Gasteiger charge is -2.34. The molecule has 2 N–H and O–H groups in total. The number of benzene rings is 1. The number of hydrogen-bond acceptors (Lipinski definition) is 9. The van der Waals surface area contributed by atoms with Crippen molar-refractivity contribution in [1.82, 2.24) is 29.9 Å². The van der Waals surface area contributed by atoms with Crippen molar-refractivity contribution in [3.8, 4) is 10.6 Å². The highest BCUT2D eigenvalue weighted by Gasteiger charge is 2.28. The molecular weight excluding hydrogens is 536 g/mol. The maximum atomic E-state index is 13.3.